The van der Waals surface area contributed by atoms with E-state index in [1.807, 2.05) is 5.32 Å². The summed E-state index contributed by atoms with van der Waals surface area (Å²) in [6.07, 6.45) is 0.246. The molecule has 0 fully saturated rings. The van der Waals surface area contributed by atoms with E-state index in [0.29, 0.717) is 22.1 Å². The van der Waals surface area contributed by atoms with Gasteiger partial charge in [0.1, 0.15) is 17.4 Å². The number of imide groups is 1. The third-order valence-corrected chi connectivity index (χ3v) is 3.49. The van der Waals surface area contributed by atoms with Crippen molar-refractivity contribution in [2.75, 3.05) is 7.05 Å². The minimum Gasteiger partial charge on any atom is -0.457 e. The zero-order chi connectivity index (χ0) is 17.5. The van der Waals surface area contributed by atoms with Crippen molar-refractivity contribution in [1.82, 2.24) is 10.6 Å². The van der Waals surface area contributed by atoms with Gasteiger partial charge in [0.2, 0.25) is 18.2 Å². The first-order valence-electron chi connectivity index (χ1n) is 7.04. The van der Waals surface area contributed by atoms with Gasteiger partial charge in [-0.15, -0.1) is 0 Å². The third-order valence-electron chi connectivity index (χ3n) is 3.23. The zero-order valence-corrected chi connectivity index (χ0v) is 13.5. The van der Waals surface area contributed by atoms with E-state index >= 15 is 0 Å². The van der Waals surface area contributed by atoms with Crippen LogP contribution in [0.1, 0.15) is 11.5 Å². The van der Waals surface area contributed by atoms with Crippen molar-refractivity contribution in [2.24, 2.45) is 0 Å². The second kappa shape index (κ2) is 8.12. The average Bonchev–Trinajstić information content (AvgIpc) is 2.59. The lowest BCUT2D eigenvalue weighted by Crippen LogP contribution is -2.37. The lowest BCUT2D eigenvalue weighted by atomic mass is 9.97. The smallest absolute Gasteiger partial charge is 0.243 e. The quantitative estimate of drug-likeness (QED) is 0.620. The Labute approximate surface area is 143 Å². The van der Waals surface area contributed by atoms with E-state index in [2.05, 4.69) is 5.32 Å². The number of ether oxygens (including phenoxy) is 1. The molecule has 0 aliphatic heterocycles. The molecule has 0 aliphatic rings. The molecule has 0 saturated heterocycles. The summed E-state index contributed by atoms with van der Waals surface area (Å²) in [5.74, 6) is -1.19. The molecule has 124 valence electrons. The Morgan fingerprint density at radius 2 is 1.54 bits per heavy atom. The predicted octanol–water partition coefficient (Wildman–Crippen LogP) is 2.23. The summed E-state index contributed by atoms with van der Waals surface area (Å²) in [7, 11) is 1.42. The van der Waals surface area contributed by atoms with E-state index in [1.54, 1.807) is 48.5 Å². The molecule has 1 unspecified atom stereocenters. The minimum atomic E-state index is -1.12. The van der Waals surface area contributed by atoms with Crippen molar-refractivity contribution < 1.29 is 19.1 Å². The molecule has 2 aromatic rings. The van der Waals surface area contributed by atoms with Crippen LogP contribution in [-0.4, -0.2) is 25.3 Å². The van der Waals surface area contributed by atoms with Gasteiger partial charge in [0, 0.05) is 12.1 Å². The molecule has 6 nitrogen and oxygen atoms in total. The molecule has 2 aromatic carbocycles. The third kappa shape index (κ3) is 4.33. The highest BCUT2D eigenvalue weighted by atomic mass is 35.5. The molecule has 1 atom stereocenters. The molecule has 2 rings (SSSR count). The van der Waals surface area contributed by atoms with Gasteiger partial charge < -0.3 is 10.1 Å². The number of rotatable bonds is 6. The van der Waals surface area contributed by atoms with Gasteiger partial charge >= 0.3 is 0 Å². The van der Waals surface area contributed by atoms with Gasteiger partial charge in [0.25, 0.3) is 0 Å². The molecule has 2 N–H and O–H groups in total. The molecule has 0 aliphatic carbocycles. The SMILES string of the molecule is CNC(=O)C(C(=O)NC=O)c1ccc(Oc2ccc(Cl)cc2)cc1. The Morgan fingerprint density at radius 1 is 1.00 bits per heavy atom. The number of carbonyl (C=O) groups excluding carboxylic acids is 3. The molecular formula is C17H15ClN2O4. The molecule has 7 heteroatoms. The van der Waals surface area contributed by atoms with E-state index in [9.17, 15) is 14.4 Å². The maximum Gasteiger partial charge on any atom is 0.243 e. The van der Waals surface area contributed by atoms with Crippen molar-refractivity contribution >= 4 is 29.8 Å². The number of halogens is 1. The lowest BCUT2D eigenvalue weighted by molar-refractivity contribution is -0.132. The van der Waals surface area contributed by atoms with Gasteiger partial charge in [-0.2, -0.15) is 0 Å². The number of likely N-dealkylation sites (N-methyl/N-ethyl adjacent to an activating group) is 1. The van der Waals surface area contributed by atoms with Crippen molar-refractivity contribution in [3.05, 3.63) is 59.1 Å². The first kappa shape index (κ1) is 17.5. The van der Waals surface area contributed by atoms with Crippen molar-refractivity contribution in [3.63, 3.8) is 0 Å². The Balaban J connectivity index is 2.19. The minimum absolute atomic E-state index is 0.246. The van der Waals surface area contributed by atoms with Crippen molar-refractivity contribution in [3.8, 4) is 11.5 Å². The van der Waals surface area contributed by atoms with Crippen LogP contribution in [0.25, 0.3) is 0 Å². The first-order valence-corrected chi connectivity index (χ1v) is 7.42. The Bertz CT molecular complexity index is 729. The molecule has 0 aromatic heterocycles. The molecule has 0 heterocycles. The molecule has 0 bridgehead atoms. The van der Waals surface area contributed by atoms with E-state index in [0.717, 1.165) is 0 Å². The first-order chi connectivity index (χ1) is 11.5. The molecular weight excluding hydrogens is 332 g/mol. The Kier molecular flexibility index (Phi) is 5.92. The number of carbonyl (C=O) groups is 3. The van der Waals surface area contributed by atoms with Gasteiger partial charge in [-0.3, -0.25) is 19.7 Å². The van der Waals surface area contributed by atoms with E-state index in [4.69, 9.17) is 16.3 Å². The number of hydrogen-bond donors (Lipinski definition) is 2. The van der Waals surface area contributed by atoms with E-state index < -0.39 is 17.7 Å². The highest BCUT2D eigenvalue weighted by molar-refractivity contribution is 6.30. The summed E-state index contributed by atoms with van der Waals surface area (Å²) >= 11 is 5.81. The van der Waals surface area contributed by atoms with Gasteiger partial charge in [0.05, 0.1) is 0 Å². The van der Waals surface area contributed by atoms with E-state index in [1.165, 1.54) is 7.05 Å². The summed E-state index contributed by atoms with van der Waals surface area (Å²) in [5.41, 5.74) is 0.442. The summed E-state index contributed by atoms with van der Waals surface area (Å²) < 4.78 is 5.65. The maximum absolute atomic E-state index is 11.9. The molecule has 0 radical (unpaired) electrons. The predicted molar refractivity (Wildman–Crippen MR) is 89.0 cm³/mol. The average molecular weight is 347 g/mol. The van der Waals surface area contributed by atoms with Crippen LogP contribution in [0.15, 0.2) is 48.5 Å². The Hall–Kier alpha value is -2.86. The van der Waals surface area contributed by atoms with Crippen LogP contribution in [-0.2, 0) is 14.4 Å². The highest BCUT2D eigenvalue weighted by Crippen LogP contribution is 2.25. The molecule has 3 amide bonds. The monoisotopic (exact) mass is 346 g/mol. The van der Waals surface area contributed by atoms with Gasteiger partial charge in [0.15, 0.2) is 0 Å². The molecule has 0 saturated carbocycles. The fourth-order valence-corrected chi connectivity index (χ4v) is 2.20. The van der Waals surface area contributed by atoms with Crippen molar-refractivity contribution in [1.29, 1.82) is 0 Å². The largest absolute Gasteiger partial charge is 0.457 e. The number of hydrogen-bond acceptors (Lipinski definition) is 4. The zero-order valence-electron chi connectivity index (χ0n) is 12.8. The number of nitrogens with one attached hydrogen (secondary N) is 2. The molecule has 24 heavy (non-hydrogen) atoms. The van der Waals surface area contributed by atoms with Crippen LogP contribution in [0.3, 0.4) is 0 Å². The summed E-state index contributed by atoms with van der Waals surface area (Å²) in [4.78, 5) is 34.3. The fourth-order valence-electron chi connectivity index (χ4n) is 2.07. The summed E-state index contributed by atoms with van der Waals surface area (Å²) in [6.45, 7) is 0. The Morgan fingerprint density at radius 3 is 2.04 bits per heavy atom. The second-order valence-corrected chi connectivity index (χ2v) is 5.24. The van der Waals surface area contributed by atoms with Crippen LogP contribution < -0.4 is 15.4 Å². The number of amides is 3. The normalized spacial score (nSPS) is 11.2. The summed E-state index contributed by atoms with van der Waals surface area (Å²) in [6, 6.07) is 13.3. The van der Waals surface area contributed by atoms with Crippen LogP contribution in [0.5, 0.6) is 11.5 Å². The standard InChI is InChI=1S/C17H15ClN2O4/c1-19-16(22)15(17(23)20-10-21)11-2-6-13(7-3-11)24-14-8-4-12(18)5-9-14/h2-10,15H,1H3,(H,19,22)(H,20,21,23). The fraction of sp³-hybridized carbons (Fsp3) is 0.118. The van der Waals surface area contributed by atoms with Crippen LogP contribution in [0.2, 0.25) is 5.02 Å². The van der Waals surface area contributed by atoms with E-state index in [-0.39, 0.29) is 6.41 Å². The van der Waals surface area contributed by atoms with Gasteiger partial charge in [-0.1, -0.05) is 23.7 Å². The highest BCUT2D eigenvalue weighted by Gasteiger charge is 2.27. The topological polar surface area (TPSA) is 84.5 Å². The number of benzene rings is 2. The van der Waals surface area contributed by atoms with Crippen LogP contribution >= 0.6 is 11.6 Å². The van der Waals surface area contributed by atoms with Gasteiger partial charge in [-0.05, 0) is 42.0 Å². The lowest BCUT2D eigenvalue weighted by Gasteiger charge is -2.14. The van der Waals surface area contributed by atoms with Crippen LogP contribution in [0.4, 0.5) is 0 Å². The van der Waals surface area contributed by atoms with Crippen LogP contribution in [0, 0.1) is 0 Å². The van der Waals surface area contributed by atoms with Crippen molar-refractivity contribution in [2.45, 2.75) is 5.92 Å². The molecule has 0 spiro atoms. The van der Waals surface area contributed by atoms with Gasteiger partial charge in [-0.25, -0.2) is 0 Å². The summed E-state index contributed by atoms with van der Waals surface area (Å²) in [5, 5.41) is 5.00. The maximum atomic E-state index is 11.9. The second-order valence-electron chi connectivity index (χ2n) is 4.80.